The van der Waals surface area contributed by atoms with E-state index in [9.17, 15) is 4.79 Å². The molecule has 0 aliphatic heterocycles. The Hall–Kier alpha value is -1.03. The average molecular weight is 299 g/mol. The fourth-order valence-electron chi connectivity index (χ4n) is 1.73. The van der Waals surface area contributed by atoms with Crippen LogP contribution in [0.2, 0.25) is 0 Å². The summed E-state index contributed by atoms with van der Waals surface area (Å²) in [4.78, 5) is 14.1. The number of amides is 1. The van der Waals surface area contributed by atoms with E-state index in [0.717, 1.165) is 22.3 Å². The molecule has 1 heterocycles. The summed E-state index contributed by atoms with van der Waals surface area (Å²) < 4.78 is 2.89. The number of aromatic nitrogens is 1. The van der Waals surface area contributed by atoms with Gasteiger partial charge in [0.25, 0.3) is 5.91 Å². The molecule has 4 heteroatoms. The van der Waals surface area contributed by atoms with Crippen LogP contribution < -0.4 is 0 Å². The second kappa shape index (κ2) is 6.05. The van der Waals surface area contributed by atoms with E-state index in [2.05, 4.69) is 22.5 Å². The van der Waals surface area contributed by atoms with E-state index in [1.165, 1.54) is 0 Å². The standard InChI is InChI=1S/C13H19BrN2O/c1-5-15-9-11(14)7-12(15)13(17)16(6-2)8-10(3)4/h7,9H,3,5-6,8H2,1-2,4H3. The van der Waals surface area contributed by atoms with Gasteiger partial charge in [-0.2, -0.15) is 0 Å². The van der Waals surface area contributed by atoms with Gasteiger partial charge in [-0.25, -0.2) is 0 Å². The Labute approximate surface area is 111 Å². The van der Waals surface area contributed by atoms with Crippen molar-refractivity contribution in [2.45, 2.75) is 27.3 Å². The molecule has 1 aromatic heterocycles. The van der Waals surface area contributed by atoms with Gasteiger partial charge in [0.15, 0.2) is 0 Å². The Morgan fingerprint density at radius 2 is 2.18 bits per heavy atom. The molecular weight excluding hydrogens is 280 g/mol. The number of likely N-dealkylation sites (N-methyl/N-ethyl adjacent to an activating group) is 1. The van der Waals surface area contributed by atoms with Crippen LogP contribution in [0.3, 0.4) is 0 Å². The highest BCUT2D eigenvalue weighted by Crippen LogP contribution is 2.17. The van der Waals surface area contributed by atoms with Crippen LogP contribution >= 0.6 is 15.9 Å². The van der Waals surface area contributed by atoms with Crippen LogP contribution in [0.5, 0.6) is 0 Å². The third-order valence-corrected chi connectivity index (χ3v) is 2.99. The lowest BCUT2D eigenvalue weighted by Gasteiger charge is -2.21. The molecule has 0 fully saturated rings. The van der Waals surface area contributed by atoms with Crippen molar-refractivity contribution in [1.82, 2.24) is 9.47 Å². The lowest BCUT2D eigenvalue weighted by molar-refractivity contribution is 0.0767. The highest BCUT2D eigenvalue weighted by molar-refractivity contribution is 9.10. The topological polar surface area (TPSA) is 25.2 Å². The highest BCUT2D eigenvalue weighted by Gasteiger charge is 2.18. The number of halogens is 1. The molecule has 0 spiro atoms. The van der Waals surface area contributed by atoms with Gasteiger partial charge in [0.1, 0.15) is 5.69 Å². The smallest absolute Gasteiger partial charge is 0.270 e. The summed E-state index contributed by atoms with van der Waals surface area (Å²) in [5.41, 5.74) is 1.72. The number of hydrogen-bond donors (Lipinski definition) is 0. The monoisotopic (exact) mass is 298 g/mol. The molecule has 0 atom stereocenters. The van der Waals surface area contributed by atoms with E-state index in [1.807, 2.05) is 37.6 Å². The fourth-order valence-corrected chi connectivity index (χ4v) is 2.19. The lowest BCUT2D eigenvalue weighted by atomic mass is 10.3. The van der Waals surface area contributed by atoms with Crippen molar-refractivity contribution in [2.75, 3.05) is 13.1 Å². The molecule has 3 nitrogen and oxygen atoms in total. The third-order valence-electron chi connectivity index (χ3n) is 2.55. The molecule has 0 N–H and O–H groups in total. The van der Waals surface area contributed by atoms with Crippen LogP contribution in [0.1, 0.15) is 31.3 Å². The molecule has 0 saturated carbocycles. The molecule has 1 amide bonds. The summed E-state index contributed by atoms with van der Waals surface area (Å²) in [6, 6.07) is 1.87. The molecule has 17 heavy (non-hydrogen) atoms. The predicted molar refractivity (Wildman–Crippen MR) is 74.2 cm³/mol. The SMILES string of the molecule is C=C(C)CN(CC)C(=O)c1cc(Br)cn1CC. The van der Waals surface area contributed by atoms with Crippen LogP contribution in [0.15, 0.2) is 28.9 Å². The van der Waals surface area contributed by atoms with E-state index in [1.54, 1.807) is 4.90 Å². The van der Waals surface area contributed by atoms with Crippen LogP contribution in [0.4, 0.5) is 0 Å². The normalized spacial score (nSPS) is 10.4. The van der Waals surface area contributed by atoms with Gasteiger partial charge >= 0.3 is 0 Å². The van der Waals surface area contributed by atoms with Gasteiger partial charge in [-0.15, -0.1) is 0 Å². The minimum Gasteiger partial charge on any atom is -0.343 e. The van der Waals surface area contributed by atoms with Crippen LogP contribution in [-0.2, 0) is 6.54 Å². The van der Waals surface area contributed by atoms with Crippen molar-refractivity contribution in [3.8, 4) is 0 Å². The van der Waals surface area contributed by atoms with Crippen molar-refractivity contribution in [3.05, 3.63) is 34.6 Å². The molecule has 0 unspecified atom stereocenters. The van der Waals surface area contributed by atoms with Crippen molar-refractivity contribution in [3.63, 3.8) is 0 Å². The Balaban J connectivity index is 2.96. The summed E-state index contributed by atoms with van der Waals surface area (Å²) in [6.07, 6.45) is 1.93. The first-order valence-electron chi connectivity index (χ1n) is 5.78. The van der Waals surface area contributed by atoms with Gasteiger partial charge in [0.05, 0.1) is 0 Å². The summed E-state index contributed by atoms with van der Waals surface area (Å²) >= 11 is 3.40. The Kier molecular flexibility index (Phi) is 5.00. The van der Waals surface area contributed by atoms with Crippen molar-refractivity contribution < 1.29 is 4.79 Å². The second-order valence-electron chi connectivity index (χ2n) is 4.11. The molecule has 0 aliphatic carbocycles. The zero-order valence-corrected chi connectivity index (χ0v) is 12.2. The van der Waals surface area contributed by atoms with E-state index in [0.29, 0.717) is 13.1 Å². The number of carbonyl (C=O) groups is 1. The molecule has 0 radical (unpaired) electrons. The minimum atomic E-state index is 0.0584. The molecule has 0 saturated heterocycles. The number of nitrogens with zero attached hydrogens (tertiary/aromatic N) is 2. The van der Waals surface area contributed by atoms with Gasteiger partial charge in [0.2, 0.25) is 0 Å². The number of hydrogen-bond acceptors (Lipinski definition) is 1. The molecular formula is C13H19BrN2O. The Bertz CT molecular complexity index is 423. The zero-order valence-electron chi connectivity index (χ0n) is 10.7. The quantitative estimate of drug-likeness (QED) is 0.766. The van der Waals surface area contributed by atoms with E-state index in [-0.39, 0.29) is 5.91 Å². The maximum atomic E-state index is 12.3. The van der Waals surface area contributed by atoms with Gasteiger partial charge in [-0.3, -0.25) is 4.79 Å². The summed E-state index contributed by atoms with van der Waals surface area (Å²) in [6.45, 7) is 11.9. The van der Waals surface area contributed by atoms with Gasteiger partial charge in [-0.1, -0.05) is 12.2 Å². The molecule has 1 aromatic rings. The third kappa shape index (κ3) is 3.46. The second-order valence-corrected chi connectivity index (χ2v) is 5.02. The van der Waals surface area contributed by atoms with Crippen molar-refractivity contribution in [2.24, 2.45) is 0 Å². The van der Waals surface area contributed by atoms with E-state index in [4.69, 9.17) is 0 Å². The predicted octanol–water partition coefficient (Wildman–Crippen LogP) is 3.31. The first-order chi connectivity index (χ1) is 7.99. The zero-order chi connectivity index (χ0) is 13.0. The summed E-state index contributed by atoms with van der Waals surface area (Å²) in [5, 5.41) is 0. The van der Waals surface area contributed by atoms with Crippen molar-refractivity contribution in [1.29, 1.82) is 0 Å². The van der Waals surface area contributed by atoms with Gasteiger partial charge in [0, 0.05) is 30.3 Å². The van der Waals surface area contributed by atoms with E-state index >= 15 is 0 Å². The maximum Gasteiger partial charge on any atom is 0.270 e. The first kappa shape index (κ1) is 14.0. The molecule has 0 aromatic carbocycles. The Morgan fingerprint density at radius 3 is 2.65 bits per heavy atom. The molecule has 0 aliphatic rings. The van der Waals surface area contributed by atoms with Crippen molar-refractivity contribution >= 4 is 21.8 Å². The molecule has 94 valence electrons. The molecule has 0 bridgehead atoms. The van der Waals surface area contributed by atoms with Crippen LogP contribution in [0, 0.1) is 0 Å². The number of carbonyl (C=O) groups excluding carboxylic acids is 1. The summed E-state index contributed by atoms with van der Waals surface area (Å²) in [7, 11) is 0. The fraction of sp³-hybridized carbons (Fsp3) is 0.462. The van der Waals surface area contributed by atoms with Crippen LogP contribution in [0.25, 0.3) is 0 Å². The average Bonchev–Trinajstić information content (AvgIpc) is 2.66. The first-order valence-corrected chi connectivity index (χ1v) is 6.58. The number of rotatable bonds is 5. The van der Waals surface area contributed by atoms with Gasteiger partial charge < -0.3 is 9.47 Å². The highest BCUT2D eigenvalue weighted by atomic mass is 79.9. The Morgan fingerprint density at radius 1 is 1.53 bits per heavy atom. The largest absolute Gasteiger partial charge is 0.343 e. The van der Waals surface area contributed by atoms with Crippen LogP contribution in [-0.4, -0.2) is 28.5 Å². The van der Waals surface area contributed by atoms with E-state index < -0.39 is 0 Å². The lowest BCUT2D eigenvalue weighted by Crippen LogP contribution is -2.33. The van der Waals surface area contributed by atoms with Gasteiger partial charge in [-0.05, 0) is 42.8 Å². The summed E-state index contributed by atoms with van der Waals surface area (Å²) in [5.74, 6) is 0.0584. The minimum absolute atomic E-state index is 0.0584. The molecule has 1 rings (SSSR count). The maximum absolute atomic E-state index is 12.3. The number of aryl methyl sites for hydroxylation is 1.